The van der Waals surface area contributed by atoms with Gasteiger partial charge in [-0.05, 0) is 37.1 Å². The third-order valence-corrected chi connectivity index (χ3v) is 3.58. The quantitative estimate of drug-likeness (QED) is 0.890. The van der Waals surface area contributed by atoms with Crippen LogP contribution >= 0.6 is 0 Å². The Morgan fingerprint density at radius 1 is 1.39 bits per heavy atom. The highest BCUT2D eigenvalue weighted by Gasteiger charge is 2.29. The molecule has 0 aromatic heterocycles. The molecule has 2 unspecified atom stereocenters. The fraction of sp³-hybridized carbons (Fsp3) is 0.571. The van der Waals surface area contributed by atoms with Gasteiger partial charge in [-0.2, -0.15) is 0 Å². The molecule has 1 fully saturated rings. The number of piperidine rings is 1. The summed E-state index contributed by atoms with van der Waals surface area (Å²) in [5.74, 6) is -0.202. The maximum atomic E-state index is 13.0. The maximum absolute atomic E-state index is 13.0. The van der Waals surface area contributed by atoms with Gasteiger partial charge >= 0.3 is 0 Å². The van der Waals surface area contributed by atoms with Gasteiger partial charge in [-0.3, -0.25) is 4.90 Å². The van der Waals surface area contributed by atoms with E-state index in [0.717, 1.165) is 31.5 Å². The van der Waals surface area contributed by atoms with Gasteiger partial charge in [0.25, 0.3) is 0 Å². The van der Waals surface area contributed by atoms with Crippen LogP contribution in [0.15, 0.2) is 24.3 Å². The Morgan fingerprint density at radius 3 is 2.78 bits per heavy atom. The molecule has 2 rings (SSSR count). The molecule has 1 aliphatic heterocycles. The lowest BCUT2D eigenvalue weighted by atomic mass is 9.91. The van der Waals surface area contributed by atoms with Gasteiger partial charge in [-0.15, -0.1) is 0 Å². The largest absolute Gasteiger partial charge is 0.383 e. The number of benzene rings is 1. The number of rotatable bonds is 4. The Bertz CT molecular complexity index is 369. The van der Waals surface area contributed by atoms with Crippen LogP contribution in [0.3, 0.4) is 0 Å². The third-order valence-electron chi connectivity index (χ3n) is 3.58. The third kappa shape index (κ3) is 3.07. The standard InChI is InChI=1S/C14H21FN2O/c1-18-10-9-17-8-2-3-13(16)14(17)11-4-6-12(15)7-5-11/h4-7,13-14H,2-3,8-10,16H2,1H3. The first-order valence-electron chi connectivity index (χ1n) is 6.46. The number of halogens is 1. The van der Waals surface area contributed by atoms with Crippen LogP contribution in [0.1, 0.15) is 24.4 Å². The number of ether oxygens (including phenoxy) is 1. The van der Waals surface area contributed by atoms with Gasteiger partial charge < -0.3 is 10.5 Å². The number of methoxy groups -OCH3 is 1. The Balaban J connectivity index is 2.15. The van der Waals surface area contributed by atoms with Crippen molar-refractivity contribution in [1.82, 2.24) is 4.90 Å². The molecule has 0 aliphatic carbocycles. The second kappa shape index (κ2) is 6.27. The number of nitrogens with two attached hydrogens (primary N) is 1. The minimum atomic E-state index is -0.202. The summed E-state index contributed by atoms with van der Waals surface area (Å²) in [5.41, 5.74) is 7.33. The van der Waals surface area contributed by atoms with Gasteiger partial charge in [0, 0.05) is 25.7 Å². The molecule has 1 saturated heterocycles. The van der Waals surface area contributed by atoms with Crippen LogP contribution in [0.4, 0.5) is 4.39 Å². The van der Waals surface area contributed by atoms with Crippen molar-refractivity contribution in [3.05, 3.63) is 35.6 Å². The molecule has 2 atom stereocenters. The average Bonchev–Trinajstić information content (AvgIpc) is 2.38. The number of hydrogen-bond acceptors (Lipinski definition) is 3. The normalized spacial score (nSPS) is 25.3. The van der Waals surface area contributed by atoms with Crippen LogP contribution in [-0.2, 0) is 4.74 Å². The van der Waals surface area contributed by atoms with Gasteiger partial charge in [0.1, 0.15) is 5.82 Å². The first kappa shape index (κ1) is 13.5. The van der Waals surface area contributed by atoms with Gasteiger partial charge in [0.2, 0.25) is 0 Å². The van der Waals surface area contributed by atoms with Crippen LogP contribution in [0, 0.1) is 5.82 Å². The molecule has 1 aromatic carbocycles. The number of hydrogen-bond donors (Lipinski definition) is 1. The fourth-order valence-corrected chi connectivity index (χ4v) is 2.68. The second-order valence-corrected chi connectivity index (χ2v) is 4.83. The molecule has 18 heavy (non-hydrogen) atoms. The molecule has 4 heteroatoms. The van der Waals surface area contributed by atoms with Crippen LogP contribution in [0.2, 0.25) is 0 Å². The van der Waals surface area contributed by atoms with Gasteiger partial charge in [-0.1, -0.05) is 12.1 Å². The Labute approximate surface area is 108 Å². The van der Waals surface area contributed by atoms with E-state index in [4.69, 9.17) is 10.5 Å². The molecule has 1 heterocycles. The van der Waals surface area contributed by atoms with Crippen molar-refractivity contribution in [3.63, 3.8) is 0 Å². The molecule has 0 radical (unpaired) electrons. The van der Waals surface area contributed by atoms with Crippen molar-refractivity contribution < 1.29 is 9.13 Å². The molecule has 3 nitrogen and oxygen atoms in total. The average molecular weight is 252 g/mol. The lowest BCUT2D eigenvalue weighted by Gasteiger charge is -2.40. The molecule has 0 saturated carbocycles. The van der Waals surface area contributed by atoms with Crippen molar-refractivity contribution in [2.75, 3.05) is 26.8 Å². The van der Waals surface area contributed by atoms with E-state index < -0.39 is 0 Å². The van der Waals surface area contributed by atoms with Crippen LogP contribution in [0.25, 0.3) is 0 Å². The SMILES string of the molecule is COCCN1CCCC(N)C1c1ccc(F)cc1. The van der Waals surface area contributed by atoms with E-state index >= 15 is 0 Å². The molecule has 1 aliphatic rings. The van der Waals surface area contributed by atoms with Crippen molar-refractivity contribution in [2.45, 2.75) is 24.9 Å². The zero-order chi connectivity index (χ0) is 13.0. The van der Waals surface area contributed by atoms with Crippen LogP contribution in [-0.4, -0.2) is 37.7 Å². The summed E-state index contributed by atoms with van der Waals surface area (Å²) in [7, 11) is 1.71. The van der Waals surface area contributed by atoms with E-state index in [0.29, 0.717) is 6.61 Å². The topological polar surface area (TPSA) is 38.5 Å². The van der Waals surface area contributed by atoms with E-state index in [1.54, 1.807) is 7.11 Å². The van der Waals surface area contributed by atoms with Crippen LogP contribution < -0.4 is 5.73 Å². The first-order valence-corrected chi connectivity index (χ1v) is 6.46. The minimum Gasteiger partial charge on any atom is -0.383 e. The van der Waals surface area contributed by atoms with Crippen LogP contribution in [0.5, 0.6) is 0 Å². The molecular weight excluding hydrogens is 231 g/mol. The summed E-state index contributed by atoms with van der Waals surface area (Å²) in [6, 6.07) is 6.97. The van der Waals surface area contributed by atoms with E-state index in [9.17, 15) is 4.39 Å². The molecule has 0 amide bonds. The molecule has 100 valence electrons. The molecule has 1 aromatic rings. The summed E-state index contributed by atoms with van der Waals surface area (Å²) in [6.07, 6.45) is 2.13. The molecule has 0 spiro atoms. The van der Waals surface area contributed by atoms with Crippen molar-refractivity contribution in [1.29, 1.82) is 0 Å². The van der Waals surface area contributed by atoms with E-state index in [-0.39, 0.29) is 17.9 Å². The Hall–Kier alpha value is -0.970. The minimum absolute atomic E-state index is 0.112. The molecule has 2 N–H and O–H groups in total. The van der Waals surface area contributed by atoms with E-state index in [2.05, 4.69) is 4.90 Å². The van der Waals surface area contributed by atoms with Crippen molar-refractivity contribution >= 4 is 0 Å². The van der Waals surface area contributed by atoms with E-state index in [1.165, 1.54) is 12.1 Å². The Morgan fingerprint density at radius 2 is 2.11 bits per heavy atom. The van der Waals surface area contributed by atoms with Crippen molar-refractivity contribution in [3.8, 4) is 0 Å². The highest BCUT2D eigenvalue weighted by atomic mass is 19.1. The summed E-state index contributed by atoms with van der Waals surface area (Å²) in [5, 5.41) is 0. The zero-order valence-electron chi connectivity index (χ0n) is 10.8. The van der Waals surface area contributed by atoms with Crippen molar-refractivity contribution in [2.24, 2.45) is 5.73 Å². The molecule has 0 bridgehead atoms. The second-order valence-electron chi connectivity index (χ2n) is 4.83. The predicted octanol–water partition coefficient (Wildman–Crippen LogP) is 1.94. The fourth-order valence-electron chi connectivity index (χ4n) is 2.68. The van der Waals surface area contributed by atoms with Gasteiger partial charge in [-0.25, -0.2) is 4.39 Å². The maximum Gasteiger partial charge on any atom is 0.123 e. The summed E-state index contributed by atoms with van der Waals surface area (Å²) < 4.78 is 18.1. The zero-order valence-corrected chi connectivity index (χ0v) is 10.8. The lowest BCUT2D eigenvalue weighted by molar-refractivity contribution is 0.0848. The predicted molar refractivity (Wildman–Crippen MR) is 69.8 cm³/mol. The monoisotopic (exact) mass is 252 g/mol. The highest BCUT2D eigenvalue weighted by molar-refractivity contribution is 5.22. The molecular formula is C14H21FN2O. The number of likely N-dealkylation sites (tertiary alicyclic amines) is 1. The van der Waals surface area contributed by atoms with Gasteiger partial charge in [0.15, 0.2) is 0 Å². The first-order chi connectivity index (χ1) is 8.72. The smallest absolute Gasteiger partial charge is 0.123 e. The Kier molecular flexibility index (Phi) is 4.69. The number of nitrogens with zero attached hydrogens (tertiary/aromatic N) is 1. The van der Waals surface area contributed by atoms with Gasteiger partial charge in [0.05, 0.1) is 6.61 Å². The van der Waals surface area contributed by atoms with E-state index in [1.807, 2.05) is 12.1 Å². The summed E-state index contributed by atoms with van der Waals surface area (Å²) in [6.45, 7) is 2.59. The summed E-state index contributed by atoms with van der Waals surface area (Å²) in [4.78, 5) is 2.34. The summed E-state index contributed by atoms with van der Waals surface area (Å²) >= 11 is 0. The highest BCUT2D eigenvalue weighted by Crippen LogP contribution is 2.29. The lowest BCUT2D eigenvalue weighted by Crippen LogP contribution is -2.46.